The van der Waals surface area contributed by atoms with E-state index in [1.165, 1.54) is 0 Å². The van der Waals surface area contributed by atoms with E-state index < -0.39 is 0 Å². The molecule has 0 radical (unpaired) electrons. The third-order valence-corrected chi connectivity index (χ3v) is 3.62. The summed E-state index contributed by atoms with van der Waals surface area (Å²) in [6.45, 7) is 6.47. The summed E-state index contributed by atoms with van der Waals surface area (Å²) in [5.74, 6) is 0.0578. The van der Waals surface area contributed by atoms with E-state index >= 15 is 0 Å². The highest BCUT2D eigenvalue weighted by molar-refractivity contribution is 6.32. The third kappa shape index (κ3) is 4.18. The van der Waals surface area contributed by atoms with Gasteiger partial charge in [0, 0.05) is 12.7 Å². The molecule has 0 aliphatic carbocycles. The number of nitrogens with one attached hydrogen (secondary N) is 1. The van der Waals surface area contributed by atoms with Crippen LogP contribution in [0.25, 0.3) is 5.69 Å². The van der Waals surface area contributed by atoms with Gasteiger partial charge in [0.05, 0.1) is 24.6 Å². The number of carbonyl (C=O) groups is 1. The minimum Gasteiger partial charge on any atom is -0.311 e. The van der Waals surface area contributed by atoms with Gasteiger partial charge >= 0.3 is 0 Å². The van der Waals surface area contributed by atoms with E-state index in [9.17, 15) is 4.79 Å². The van der Waals surface area contributed by atoms with Crippen molar-refractivity contribution in [3.05, 3.63) is 48.5 Å². The van der Waals surface area contributed by atoms with Crippen LogP contribution in [0.15, 0.2) is 43.4 Å². The van der Waals surface area contributed by atoms with Gasteiger partial charge in [0.2, 0.25) is 5.91 Å². The molecule has 2 aromatic rings. The highest BCUT2D eigenvalue weighted by Crippen LogP contribution is 2.27. The van der Waals surface area contributed by atoms with Crippen LogP contribution in [0.2, 0.25) is 5.15 Å². The molecule has 0 fully saturated rings. The molecule has 1 N–H and O–H groups in total. The maximum Gasteiger partial charge on any atom is 0.241 e. The Morgan fingerprint density at radius 1 is 1.61 bits per heavy atom. The topological polar surface area (TPSA) is 63.1 Å². The van der Waals surface area contributed by atoms with Gasteiger partial charge in [-0.05, 0) is 25.1 Å². The first kappa shape index (κ1) is 17.2. The largest absolute Gasteiger partial charge is 0.311 e. The summed E-state index contributed by atoms with van der Waals surface area (Å²) in [7, 11) is 1.73. The number of likely N-dealkylation sites (N-methyl/N-ethyl adjacent to an activating group) is 1. The van der Waals surface area contributed by atoms with Crippen LogP contribution in [0.3, 0.4) is 0 Å². The fourth-order valence-electron chi connectivity index (χ4n) is 2.09. The van der Waals surface area contributed by atoms with E-state index in [4.69, 9.17) is 11.6 Å². The number of pyridine rings is 1. The number of aromatic nitrogens is 3. The van der Waals surface area contributed by atoms with Crippen molar-refractivity contribution >= 4 is 23.2 Å². The number of amides is 1. The predicted octanol–water partition coefficient (Wildman–Crippen LogP) is 2.30. The molecule has 7 heteroatoms. The molecule has 2 rings (SSSR count). The van der Waals surface area contributed by atoms with Gasteiger partial charge in [-0.2, -0.15) is 5.10 Å². The second-order valence-electron chi connectivity index (χ2n) is 5.21. The molecule has 1 unspecified atom stereocenters. The smallest absolute Gasteiger partial charge is 0.241 e. The number of hydrogen-bond acceptors (Lipinski definition) is 4. The minimum atomic E-state index is -0.0752. The molecule has 0 aliphatic heterocycles. The normalized spacial score (nSPS) is 12.0. The molecule has 1 atom stereocenters. The summed E-state index contributed by atoms with van der Waals surface area (Å²) in [6.07, 6.45) is 6.91. The predicted molar refractivity (Wildman–Crippen MR) is 92.0 cm³/mol. The first-order chi connectivity index (χ1) is 11.1. The van der Waals surface area contributed by atoms with Gasteiger partial charge in [-0.25, -0.2) is 4.68 Å². The van der Waals surface area contributed by atoms with Crippen LogP contribution in [0.5, 0.6) is 0 Å². The van der Waals surface area contributed by atoms with Crippen LogP contribution in [0, 0.1) is 5.92 Å². The monoisotopic (exact) mass is 333 g/mol. The molecule has 1 amide bonds. The number of rotatable bonds is 7. The lowest BCUT2D eigenvalue weighted by molar-refractivity contribution is -0.117. The zero-order valence-corrected chi connectivity index (χ0v) is 14.0. The Morgan fingerprint density at radius 2 is 2.39 bits per heavy atom. The summed E-state index contributed by atoms with van der Waals surface area (Å²) < 4.78 is 1.61. The lowest BCUT2D eigenvalue weighted by atomic mass is 10.1. The van der Waals surface area contributed by atoms with Gasteiger partial charge in [0.25, 0.3) is 0 Å². The fourth-order valence-corrected chi connectivity index (χ4v) is 2.32. The fraction of sp³-hybridized carbons (Fsp3) is 0.312. The lowest BCUT2D eigenvalue weighted by Gasteiger charge is -2.23. The maximum absolute atomic E-state index is 12.4. The Kier molecular flexibility index (Phi) is 5.90. The van der Waals surface area contributed by atoms with E-state index in [0.717, 1.165) is 5.69 Å². The average Bonchev–Trinajstić information content (AvgIpc) is 2.95. The highest BCUT2D eigenvalue weighted by atomic mass is 35.5. The zero-order chi connectivity index (χ0) is 16.8. The Labute approximate surface area is 140 Å². The molecule has 2 heterocycles. The van der Waals surface area contributed by atoms with Crippen molar-refractivity contribution in [3.63, 3.8) is 0 Å². The molecule has 0 aliphatic rings. The van der Waals surface area contributed by atoms with Crippen LogP contribution < -0.4 is 10.2 Å². The summed E-state index contributed by atoms with van der Waals surface area (Å²) in [5.41, 5.74) is 1.35. The number of nitrogens with zero attached hydrogens (tertiary/aromatic N) is 4. The molecule has 6 nitrogen and oxygen atoms in total. The van der Waals surface area contributed by atoms with Crippen molar-refractivity contribution < 1.29 is 4.79 Å². The Hall–Kier alpha value is -2.18. The first-order valence-corrected chi connectivity index (χ1v) is 7.67. The van der Waals surface area contributed by atoms with Gasteiger partial charge in [0.1, 0.15) is 5.69 Å². The second kappa shape index (κ2) is 7.89. The van der Waals surface area contributed by atoms with E-state index in [2.05, 4.69) is 22.0 Å². The van der Waals surface area contributed by atoms with Crippen molar-refractivity contribution in [1.29, 1.82) is 0 Å². The molecule has 23 heavy (non-hydrogen) atoms. The molecule has 0 saturated carbocycles. The van der Waals surface area contributed by atoms with E-state index in [0.29, 0.717) is 12.2 Å². The average molecular weight is 334 g/mol. The number of anilines is 1. The quantitative estimate of drug-likeness (QED) is 0.790. The highest BCUT2D eigenvalue weighted by Gasteiger charge is 2.22. The van der Waals surface area contributed by atoms with Gasteiger partial charge < -0.3 is 10.2 Å². The zero-order valence-electron chi connectivity index (χ0n) is 13.2. The lowest BCUT2D eigenvalue weighted by Crippen LogP contribution is -2.39. The van der Waals surface area contributed by atoms with Gasteiger partial charge in [0.15, 0.2) is 5.15 Å². The molecule has 0 bridgehead atoms. The molecule has 0 spiro atoms. The third-order valence-electron chi connectivity index (χ3n) is 3.35. The molecule has 2 aromatic heterocycles. The van der Waals surface area contributed by atoms with Crippen molar-refractivity contribution in [2.75, 3.05) is 25.0 Å². The summed E-state index contributed by atoms with van der Waals surface area (Å²) >= 11 is 6.27. The molecular weight excluding hydrogens is 314 g/mol. The Balaban J connectivity index is 2.36. The number of hydrogen-bond donors (Lipinski definition) is 1. The summed E-state index contributed by atoms with van der Waals surface area (Å²) in [5, 5.41) is 7.42. The van der Waals surface area contributed by atoms with E-state index in [-0.39, 0.29) is 23.5 Å². The van der Waals surface area contributed by atoms with Crippen LogP contribution >= 0.6 is 11.6 Å². The Bertz CT molecular complexity index is 670. The first-order valence-electron chi connectivity index (χ1n) is 7.30. The standard InChI is InChI=1S/C16H20ClN5O/c1-4-12(2)10-21(15(23)9-18-3)14-11-22(20-16(14)17)13-6-5-7-19-8-13/h4-8,11-12,18H,1,9-10H2,2-3H3. The van der Waals surface area contributed by atoms with Gasteiger partial charge in [-0.1, -0.05) is 24.6 Å². The summed E-state index contributed by atoms with van der Waals surface area (Å²) in [4.78, 5) is 18.1. The van der Waals surface area contributed by atoms with Crippen molar-refractivity contribution in [2.24, 2.45) is 5.92 Å². The Morgan fingerprint density at radius 3 is 3.00 bits per heavy atom. The van der Waals surface area contributed by atoms with Crippen LogP contribution in [-0.2, 0) is 4.79 Å². The maximum atomic E-state index is 12.4. The van der Waals surface area contributed by atoms with Crippen molar-refractivity contribution in [2.45, 2.75) is 6.92 Å². The minimum absolute atomic E-state index is 0.0752. The van der Waals surface area contributed by atoms with Crippen LogP contribution in [0.1, 0.15) is 6.92 Å². The van der Waals surface area contributed by atoms with E-state index in [1.54, 1.807) is 41.3 Å². The SMILES string of the molecule is C=CC(C)CN(C(=O)CNC)c1cn(-c2cccnc2)nc1Cl. The van der Waals surface area contributed by atoms with Gasteiger partial charge in [-0.15, -0.1) is 6.58 Å². The number of carbonyl (C=O) groups excluding carboxylic acids is 1. The molecular formula is C16H20ClN5O. The van der Waals surface area contributed by atoms with Crippen LogP contribution in [-0.4, -0.2) is 40.8 Å². The molecule has 122 valence electrons. The molecule has 0 aromatic carbocycles. The van der Waals surface area contributed by atoms with Crippen molar-refractivity contribution in [1.82, 2.24) is 20.1 Å². The van der Waals surface area contributed by atoms with Crippen molar-refractivity contribution in [3.8, 4) is 5.69 Å². The van der Waals surface area contributed by atoms with Gasteiger partial charge in [-0.3, -0.25) is 9.78 Å². The van der Waals surface area contributed by atoms with Crippen LogP contribution in [0.4, 0.5) is 5.69 Å². The second-order valence-corrected chi connectivity index (χ2v) is 5.57. The number of halogens is 1. The van der Waals surface area contributed by atoms with E-state index in [1.807, 2.05) is 19.1 Å². The summed E-state index contributed by atoms with van der Waals surface area (Å²) in [6, 6.07) is 3.68. The molecule has 0 saturated heterocycles.